The molecule has 0 aliphatic carbocycles. The first-order valence-corrected chi connectivity index (χ1v) is 6.32. The van der Waals surface area contributed by atoms with E-state index in [-0.39, 0.29) is 17.7 Å². The molecular formula is C14H20N2O4. The number of carbonyl (C=O) groups excluding carboxylic acids is 2. The third kappa shape index (κ3) is 4.97. The van der Waals surface area contributed by atoms with Crippen molar-refractivity contribution in [3.05, 3.63) is 29.6 Å². The fourth-order valence-corrected chi connectivity index (χ4v) is 1.30. The van der Waals surface area contributed by atoms with Gasteiger partial charge in [0.15, 0.2) is 0 Å². The second kappa shape index (κ2) is 6.47. The molecule has 0 amide bonds. The third-order valence-corrected chi connectivity index (χ3v) is 2.25. The highest BCUT2D eigenvalue weighted by atomic mass is 16.6. The second-order valence-electron chi connectivity index (χ2n) is 5.42. The molecule has 2 N–H and O–H groups in total. The molecule has 0 saturated carbocycles. The highest BCUT2D eigenvalue weighted by Crippen LogP contribution is 2.13. The summed E-state index contributed by atoms with van der Waals surface area (Å²) < 4.78 is 10.3. The quantitative estimate of drug-likeness (QED) is 0.841. The molecule has 0 aliphatic heterocycles. The minimum absolute atomic E-state index is 0.189. The van der Waals surface area contributed by atoms with Crippen molar-refractivity contribution in [2.24, 2.45) is 5.73 Å². The summed E-state index contributed by atoms with van der Waals surface area (Å²) in [6, 6.07) is 1.40. The van der Waals surface area contributed by atoms with Crippen LogP contribution in [0.5, 0.6) is 0 Å². The number of nitrogens with two attached hydrogens (primary N) is 1. The zero-order valence-electron chi connectivity index (χ0n) is 12.2. The van der Waals surface area contributed by atoms with Gasteiger partial charge in [-0.05, 0) is 33.8 Å². The lowest BCUT2D eigenvalue weighted by atomic mass is 10.1. The maximum absolute atomic E-state index is 11.9. The Balaban J connectivity index is 2.85. The van der Waals surface area contributed by atoms with E-state index in [4.69, 9.17) is 15.2 Å². The summed E-state index contributed by atoms with van der Waals surface area (Å²) in [4.78, 5) is 27.5. The van der Waals surface area contributed by atoms with Crippen molar-refractivity contribution in [2.75, 3.05) is 6.54 Å². The molecule has 0 aliphatic rings. The fraction of sp³-hybridized carbons (Fsp3) is 0.500. The smallest absolute Gasteiger partial charge is 0.340 e. The van der Waals surface area contributed by atoms with E-state index in [0.717, 1.165) is 0 Å². The van der Waals surface area contributed by atoms with E-state index >= 15 is 0 Å². The maximum Gasteiger partial charge on any atom is 0.340 e. The van der Waals surface area contributed by atoms with Gasteiger partial charge in [-0.15, -0.1) is 0 Å². The van der Waals surface area contributed by atoms with Crippen LogP contribution in [0.2, 0.25) is 0 Å². The number of pyridine rings is 1. The van der Waals surface area contributed by atoms with Crippen LogP contribution in [-0.4, -0.2) is 35.2 Å². The van der Waals surface area contributed by atoms with E-state index in [9.17, 15) is 9.59 Å². The molecule has 0 saturated heterocycles. The van der Waals surface area contributed by atoms with Gasteiger partial charge in [0, 0.05) is 18.9 Å². The molecular weight excluding hydrogens is 260 g/mol. The summed E-state index contributed by atoms with van der Waals surface area (Å²) in [6.07, 6.45) is 2.28. The molecule has 0 radical (unpaired) electrons. The Bertz CT molecular complexity index is 494. The van der Waals surface area contributed by atoms with Gasteiger partial charge in [-0.1, -0.05) is 0 Å². The number of ether oxygens (including phenoxy) is 2. The van der Waals surface area contributed by atoms with Gasteiger partial charge in [0.1, 0.15) is 11.7 Å². The molecule has 1 aromatic rings. The number of hydrogen-bond donors (Lipinski definition) is 1. The summed E-state index contributed by atoms with van der Waals surface area (Å²) >= 11 is 0. The predicted octanol–water partition coefficient (Wildman–Crippen LogP) is 1.54. The topological polar surface area (TPSA) is 91.5 Å². The van der Waals surface area contributed by atoms with Crippen molar-refractivity contribution in [1.29, 1.82) is 0 Å². The lowest BCUT2D eigenvalue weighted by Crippen LogP contribution is -2.25. The molecule has 20 heavy (non-hydrogen) atoms. The average Bonchev–Trinajstić information content (AvgIpc) is 2.36. The number of hydrogen-bond acceptors (Lipinski definition) is 6. The first-order valence-electron chi connectivity index (χ1n) is 6.32. The maximum atomic E-state index is 11.9. The van der Waals surface area contributed by atoms with E-state index < -0.39 is 23.6 Å². The zero-order chi connectivity index (χ0) is 15.3. The number of carbonyl (C=O) groups is 2. The van der Waals surface area contributed by atoms with Crippen LogP contribution in [0.4, 0.5) is 0 Å². The van der Waals surface area contributed by atoms with Crippen molar-refractivity contribution in [1.82, 2.24) is 4.98 Å². The van der Waals surface area contributed by atoms with Crippen molar-refractivity contribution in [3.63, 3.8) is 0 Å². The summed E-state index contributed by atoms with van der Waals surface area (Å²) in [5, 5.41) is 0. The Morgan fingerprint density at radius 1 is 1.25 bits per heavy atom. The van der Waals surface area contributed by atoms with E-state index in [0.29, 0.717) is 0 Å². The summed E-state index contributed by atoms with van der Waals surface area (Å²) in [6.45, 7) is 7.20. The standard InChI is InChI=1S/C14H20N2O4/c1-9(6-15)19-12(17)10-5-11(8-16-7-10)13(18)20-14(2,3)4/h5,7-9H,6,15H2,1-4H3. The molecule has 0 bridgehead atoms. The first-order chi connectivity index (χ1) is 9.23. The molecule has 110 valence electrons. The summed E-state index contributed by atoms with van der Waals surface area (Å²) in [5.41, 5.74) is 5.16. The lowest BCUT2D eigenvalue weighted by molar-refractivity contribution is 0.00690. The molecule has 0 fully saturated rings. The van der Waals surface area contributed by atoms with Crippen molar-refractivity contribution in [3.8, 4) is 0 Å². The number of aromatic nitrogens is 1. The summed E-state index contributed by atoms with van der Waals surface area (Å²) in [7, 11) is 0. The van der Waals surface area contributed by atoms with Crippen molar-refractivity contribution < 1.29 is 19.1 Å². The van der Waals surface area contributed by atoms with Gasteiger partial charge >= 0.3 is 11.9 Å². The molecule has 1 rings (SSSR count). The Morgan fingerprint density at radius 2 is 1.80 bits per heavy atom. The lowest BCUT2D eigenvalue weighted by Gasteiger charge is -2.19. The summed E-state index contributed by atoms with van der Waals surface area (Å²) in [5.74, 6) is -1.10. The van der Waals surface area contributed by atoms with Crippen molar-refractivity contribution >= 4 is 11.9 Å². The molecule has 1 aromatic heterocycles. The Kier molecular flexibility index (Phi) is 5.21. The fourth-order valence-electron chi connectivity index (χ4n) is 1.30. The molecule has 1 unspecified atom stereocenters. The van der Waals surface area contributed by atoms with Gasteiger partial charge in [-0.2, -0.15) is 0 Å². The van der Waals surface area contributed by atoms with Crippen LogP contribution in [0.1, 0.15) is 48.4 Å². The molecule has 0 aromatic carbocycles. The first kappa shape index (κ1) is 16.1. The van der Waals surface area contributed by atoms with E-state index in [1.165, 1.54) is 18.5 Å². The zero-order valence-corrected chi connectivity index (χ0v) is 12.2. The van der Waals surface area contributed by atoms with Crippen LogP contribution in [-0.2, 0) is 9.47 Å². The Hall–Kier alpha value is -1.95. The Morgan fingerprint density at radius 3 is 2.30 bits per heavy atom. The van der Waals surface area contributed by atoms with Crippen LogP contribution in [0.3, 0.4) is 0 Å². The molecule has 0 spiro atoms. The van der Waals surface area contributed by atoms with Gasteiger partial charge in [-0.3, -0.25) is 4.98 Å². The molecule has 6 nitrogen and oxygen atoms in total. The molecule has 6 heteroatoms. The van der Waals surface area contributed by atoms with Crippen LogP contribution >= 0.6 is 0 Å². The van der Waals surface area contributed by atoms with E-state index in [2.05, 4.69) is 4.98 Å². The van der Waals surface area contributed by atoms with Crippen LogP contribution in [0.25, 0.3) is 0 Å². The van der Waals surface area contributed by atoms with Crippen LogP contribution in [0, 0.1) is 0 Å². The van der Waals surface area contributed by atoms with Crippen LogP contribution < -0.4 is 5.73 Å². The minimum atomic E-state index is -0.609. The van der Waals surface area contributed by atoms with Gasteiger partial charge in [-0.25, -0.2) is 9.59 Å². The van der Waals surface area contributed by atoms with Crippen molar-refractivity contribution in [2.45, 2.75) is 39.4 Å². The number of rotatable bonds is 4. The normalized spacial score (nSPS) is 12.7. The van der Waals surface area contributed by atoms with E-state index in [1.807, 2.05) is 0 Å². The predicted molar refractivity (Wildman–Crippen MR) is 73.3 cm³/mol. The highest BCUT2D eigenvalue weighted by Gasteiger charge is 2.20. The van der Waals surface area contributed by atoms with Gasteiger partial charge in [0.2, 0.25) is 0 Å². The second-order valence-corrected chi connectivity index (χ2v) is 5.42. The largest absolute Gasteiger partial charge is 0.458 e. The Labute approximate surface area is 118 Å². The number of nitrogens with zero attached hydrogens (tertiary/aromatic N) is 1. The minimum Gasteiger partial charge on any atom is -0.458 e. The SMILES string of the molecule is CC(CN)OC(=O)c1cncc(C(=O)OC(C)(C)C)c1. The third-order valence-electron chi connectivity index (χ3n) is 2.25. The monoisotopic (exact) mass is 280 g/mol. The van der Waals surface area contributed by atoms with Gasteiger partial charge in [0.05, 0.1) is 11.1 Å². The molecule has 1 heterocycles. The highest BCUT2D eigenvalue weighted by molar-refractivity contribution is 5.94. The van der Waals surface area contributed by atoms with Crippen LogP contribution in [0.15, 0.2) is 18.5 Å². The van der Waals surface area contributed by atoms with E-state index in [1.54, 1.807) is 27.7 Å². The van der Waals surface area contributed by atoms with Gasteiger partial charge in [0.25, 0.3) is 0 Å². The number of esters is 2. The average molecular weight is 280 g/mol. The molecule has 1 atom stereocenters. The van der Waals surface area contributed by atoms with Gasteiger partial charge < -0.3 is 15.2 Å².